The highest BCUT2D eigenvalue weighted by Crippen LogP contribution is 2.32. The van der Waals surface area contributed by atoms with Crippen LogP contribution in [0.5, 0.6) is 0 Å². The Bertz CT molecular complexity index is 696. The molecule has 2 heterocycles. The van der Waals surface area contributed by atoms with E-state index in [4.69, 9.17) is 0 Å². The van der Waals surface area contributed by atoms with Gasteiger partial charge in [-0.2, -0.15) is 18.2 Å². The second kappa shape index (κ2) is 7.20. The normalized spacial score (nSPS) is 11.8. The summed E-state index contributed by atoms with van der Waals surface area (Å²) in [4.78, 5) is 18.3. The third kappa shape index (κ3) is 4.25. The monoisotopic (exact) mass is 362 g/mol. The van der Waals surface area contributed by atoms with Crippen LogP contribution in [0.2, 0.25) is 0 Å². The van der Waals surface area contributed by atoms with Crippen molar-refractivity contribution in [2.75, 3.05) is 6.54 Å². The molecule has 0 fully saturated rings. The van der Waals surface area contributed by atoms with E-state index in [1.165, 1.54) is 11.3 Å². The summed E-state index contributed by atoms with van der Waals surface area (Å²) in [6.07, 6.45) is -4.67. The lowest BCUT2D eigenvalue weighted by atomic mass is 10.3. The lowest BCUT2D eigenvalue weighted by Crippen LogP contribution is -2.43. The Labute approximate surface area is 140 Å². The van der Waals surface area contributed by atoms with Crippen LogP contribution in [0.15, 0.2) is 16.7 Å². The van der Waals surface area contributed by atoms with Gasteiger partial charge in [-0.25, -0.2) is 4.79 Å². The van der Waals surface area contributed by atoms with E-state index in [1.807, 2.05) is 20.8 Å². The molecule has 1 N–H and O–H groups in total. The number of aromatic nitrogens is 2. The van der Waals surface area contributed by atoms with Gasteiger partial charge in [-0.15, -0.1) is 11.3 Å². The fourth-order valence-electron chi connectivity index (χ4n) is 1.93. The number of halogens is 3. The highest BCUT2D eigenvalue weighted by molar-refractivity contribution is 7.15. The van der Waals surface area contributed by atoms with Crippen LogP contribution in [0.25, 0.3) is 10.7 Å². The van der Waals surface area contributed by atoms with Gasteiger partial charge in [0.15, 0.2) is 0 Å². The Kier molecular flexibility index (Phi) is 5.47. The number of alkyl halides is 3. The second-order valence-electron chi connectivity index (χ2n) is 5.24. The van der Waals surface area contributed by atoms with E-state index in [0.717, 1.165) is 4.88 Å². The van der Waals surface area contributed by atoms with Gasteiger partial charge >= 0.3 is 18.1 Å². The van der Waals surface area contributed by atoms with Gasteiger partial charge < -0.3 is 14.7 Å². The molecule has 0 bridgehead atoms. The van der Waals surface area contributed by atoms with Crippen LogP contribution < -0.4 is 5.32 Å². The zero-order chi connectivity index (χ0) is 17.9. The van der Waals surface area contributed by atoms with Gasteiger partial charge in [-0.05, 0) is 32.9 Å². The second-order valence-corrected chi connectivity index (χ2v) is 6.41. The highest BCUT2D eigenvalue weighted by atomic mass is 32.1. The van der Waals surface area contributed by atoms with Crippen LogP contribution in [-0.4, -0.2) is 33.7 Å². The molecule has 6 nitrogen and oxygen atoms in total. The predicted octanol–water partition coefficient (Wildman–Crippen LogP) is 3.76. The fraction of sp³-hybridized carbons (Fsp3) is 0.500. The van der Waals surface area contributed by atoms with E-state index in [0.29, 0.717) is 18.0 Å². The molecule has 0 aliphatic carbocycles. The topological polar surface area (TPSA) is 71.3 Å². The average molecular weight is 362 g/mol. The number of hydrogen-bond acceptors (Lipinski definition) is 5. The Morgan fingerprint density at radius 2 is 2.12 bits per heavy atom. The summed E-state index contributed by atoms with van der Waals surface area (Å²) in [7, 11) is 0. The van der Waals surface area contributed by atoms with Crippen molar-refractivity contribution in [3.8, 4) is 10.7 Å². The quantitative estimate of drug-likeness (QED) is 0.879. The SMILES string of the molecule is CCNC(=O)N(Cc1ccc(-c2noc(C(F)(F)F)n2)s1)C(C)C. The molecule has 0 atom stereocenters. The van der Waals surface area contributed by atoms with E-state index in [2.05, 4.69) is 20.0 Å². The molecule has 0 saturated heterocycles. The molecular weight excluding hydrogens is 345 g/mol. The molecule has 0 aliphatic heterocycles. The summed E-state index contributed by atoms with van der Waals surface area (Å²) in [5, 5.41) is 6.09. The molecule has 0 saturated carbocycles. The van der Waals surface area contributed by atoms with E-state index < -0.39 is 12.1 Å². The molecule has 10 heteroatoms. The molecule has 0 spiro atoms. The molecule has 0 unspecified atom stereocenters. The van der Waals surface area contributed by atoms with Crippen LogP contribution in [-0.2, 0) is 12.7 Å². The van der Waals surface area contributed by atoms with Gasteiger partial charge in [0.25, 0.3) is 0 Å². The van der Waals surface area contributed by atoms with Crippen LogP contribution in [0.1, 0.15) is 31.5 Å². The number of nitrogens with one attached hydrogen (secondary N) is 1. The largest absolute Gasteiger partial charge is 0.471 e. The van der Waals surface area contributed by atoms with Crippen molar-refractivity contribution in [2.45, 2.75) is 39.5 Å². The zero-order valence-electron chi connectivity index (χ0n) is 13.3. The van der Waals surface area contributed by atoms with Crippen molar-refractivity contribution in [1.29, 1.82) is 0 Å². The van der Waals surface area contributed by atoms with Crippen molar-refractivity contribution >= 4 is 17.4 Å². The zero-order valence-corrected chi connectivity index (χ0v) is 14.2. The number of thiophene rings is 1. The maximum atomic E-state index is 12.5. The average Bonchev–Trinajstić information content (AvgIpc) is 3.12. The van der Waals surface area contributed by atoms with Crippen LogP contribution in [0.3, 0.4) is 0 Å². The first-order chi connectivity index (χ1) is 11.2. The molecule has 2 amide bonds. The van der Waals surface area contributed by atoms with Crippen molar-refractivity contribution < 1.29 is 22.5 Å². The van der Waals surface area contributed by atoms with E-state index >= 15 is 0 Å². The number of urea groups is 1. The number of rotatable bonds is 5. The Hall–Kier alpha value is -2.10. The molecule has 2 rings (SSSR count). The van der Waals surface area contributed by atoms with Gasteiger partial charge in [0.05, 0.1) is 11.4 Å². The first kappa shape index (κ1) is 18.2. The standard InChI is InChI=1S/C14H17F3N4O2S/c1-4-18-13(22)21(8(2)3)7-9-5-6-10(24-9)11-19-12(23-20-11)14(15,16)17/h5-6,8H,4,7H2,1-3H3,(H,18,22). The first-order valence-corrected chi connectivity index (χ1v) is 8.08. The number of amides is 2. The number of carbonyl (C=O) groups excluding carboxylic acids is 1. The maximum Gasteiger partial charge on any atom is 0.471 e. The molecular formula is C14H17F3N4O2S. The Morgan fingerprint density at radius 3 is 2.67 bits per heavy atom. The van der Waals surface area contributed by atoms with E-state index in [9.17, 15) is 18.0 Å². The number of hydrogen-bond donors (Lipinski definition) is 1. The third-order valence-corrected chi connectivity index (χ3v) is 4.15. The molecule has 2 aromatic rings. The van der Waals surface area contributed by atoms with Gasteiger partial charge in [0.1, 0.15) is 0 Å². The molecule has 132 valence electrons. The smallest absolute Gasteiger partial charge is 0.338 e. The number of nitrogens with zero attached hydrogens (tertiary/aromatic N) is 3. The minimum Gasteiger partial charge on any atom is -0.338 e. The lowest BCUT2D eigenvalue weighted by Gasteiger charge is -2.26. The highest BCUT2D eigenvalue weighted by Gasteiger charge is 2.38. The summed E-state index contributed by atoms with van der Waals surface area (Å²) < 4.78 is 41.7. The molecule has 0 radical (unpaired) electrons. The van der Waals surface area contributed by atoms with Crippen LogP contribution >= 0.6 is 11.3 Å². The minimum atomic E-state index is -4.67. The van der Waals surface area contributed by atoms with E-state index in [-0.39, 0.29) is 17.9 Å². The van der Waals surface area contributed by atoms with Crippen molar-refractivity contribution in [2.24, 2.45) is 0 Å². The molecule has 0 aliphatic rings. The Morgan fingerprint density at radius 1 is 1.42 bits per heavy atom. The fourth-order valence-corrected chi connectivity index (χ4v) is 2.86. The van der Waals surface area contributed by atoms with Crippen LogP contribution in [0, 0.1) is 0 Å². The molecule has 2 aromatic heterocycles. The van der Waals surface area contributed by atoms with Gasteiger partial charge in [0, 0.05) is 17.5 Å². The molecule has 24 heavy (non-hydrogen) atoms. The predicted molar refractivity (Wildman–Crippen MR) is 82.4 cm³/mol. The molecule has 0 aromatic carbocycles. The third-order valence-electron chi connectivity index (χ3n) is 3.09. The van der Waals surface area contributed by atoms with Gasteiger partial charge in [0.2, 0.25) is 5.82 Å². The summed E-state index contributed by atoms with van der Waals surface area (Å²) in [5.41, 5.74) is 0. The summed E-state index contributed by atoms with van der Waals surface area (Å²) in [6.45, 7) is 6.46. The van der Waals surface area contributed by atoms with Gasteiger partial charge in [-0.3, -0.25) is 0 Å². The summed E-state index contributed by atoms with van der Waals surface area (Å²) in [5.74, 6) is -1.49. The number of carbonyl (C=O) groups is 1. The van der Waals surface area contributed by atoms with Crippen molar-refractivity contribution in [1.82, 2.24) is 20.4 Å². The van der Waals surface area contributed by atoms with Crippen molar-refractivity contribution in [3.63, 3.8) is 0 Å². The maximum absolute atomic E-state index is 12.5. The van der Waals surface area contributed by atoms with Gasteiger partial charge in [-0.1, -0.05) is 5.16 Å². The van der Waals surface area contributed by atoms with E-state index in [1.54, 1.807) is 17.0 Å². The minimum absolute atomic E-state index is 0.0240. The summed E-state index contributed by atoms with van der Waals surface area (Å²) in [6, 6.07) is 3.13. The first-order valence-electron chi connectivity index (χ1n) is 7.26. The lowest BCUT2D eigenvalue weighted by molar-refractivity contribution is -0.159. The van der Waals surface area contributed by atoms with Crippen molar-refractivity contribution in [3.05, 3.63) is 22.9 Å². The van der Waals surface area contributed by atoms with Crippen LogP contribution in [0.4, 0.5) is 18.0 Å². The summed E-state index contributed by atoms with van der Waals surface area (Å²) >= 11 is 1.22. The Balaban J connectivity index is 2.15.